The van der Waals surface area contributed by atoms with Crippen molar-refractivity contribution in [3.63, 3.8) is 0 Å². The molecule has 0 fully saturated rings. The van der Waals surface area contributed by atoms with Gasteiger partial charge in [0.1, 0.15) is 11.4 Å². The van der Waals surface area contributed by atoms with Gasteiger partial charge in [-0.3, -0.25) is 9.59 Å². The molecule has 3 aromatic rings. The Balaban J connectivity index is 2.23. The monoisotopic (exact) mass is 414 g/mol. The molecule has 0 aliphatic rings. The van der Waals surface area contributed by atoms with E-state index in [9.17, 15) is 14.4 Å². The summed E-state index contributed by atoms with van der Waals surface area (Å²) in [7, 11) is 1.53. The summed E-state index contributed by atoms with van der Waals surface area (Å²) >= 11 is 6.15. The minimum absolute atomic E-state index is 0.133. The van der Waals surface area contributed by atoms with Crippen LogP contribution in [0.1, 0.15) is 40.3 Å². The summed E-state index contributed by atoms with van der Waals surface area (Å²) in [5.41, 5.74) is 1.30. The normalized spacial score (nSPS) is 10.6. The van der Waals surface area contributed by atoms with Crippen LogP contribution in [0, 0.1) is 0 Å². The van der Waals surface area contributed by atoms with Gasteiger partial charge in [-0.2, -0.15) is 0 Å². The molecule has 0 radical (unpaired) electrons. The Morgan fingerprint density at radius 2 is 1.83 bits per heavy atom. The maximum Gasteiger partial charge on any atom is 0.338 e. The van der Waals surface area contributed by atoms with Crippen molar-refractivity contribution in [1.82, 2.24) is 4.98 Å². The van der Waals surface area contributed by atoms with Crippen LogP contribution in [0.25, 0.3) is 10.9 Å². The van der Waals surface area contributed by atoms with E-state index < -0.39 is 5.97 Å². The molecular weight excluding hydrogens is 396 g/mol. The standard InChI is InChI=1S/C21H19ClN2O5/c1-4-29-21(27)15-9-13(22)10-16-17(15)18(23-11(2)25)19(24-16)20(26)12-5-7-14(28-3)8-6-12/h5-10,24H,4H2,1-3H3,(H,23,25). The molecular formula is C21H19ClN2O5. The van der Waals surface area contributed by atoms with Gasteiger partial charge in [0.25, 0.3) is 0 Å². The molecule has 0 aliphatic carbocycles. The molecule has 0 saturated carbocycles. The van der Waals surface area contributed by atoms with Gasteiger partial charge in [-0.1, -0.05) is 11.6 Å². The van der Waals surface area contributed by atoms with Crippen LogP contribution in [0.3, 0.4) is 0 Å². The van der Waals surface area contributed by atoms with E-state index in [1.807, 2.05) is 0 Å². The quantitative estimate of drug-likeness (QED) is 0.465. The van der Waals surface area contributed by atoms with Crippen molar-refractivity contribution in [2.75, 3.05) is 19.0 Å². The van der Waals surface area contributed by atoms with Crippen LogP contribution < -0.4 is 10.1 Å². The molecule has 0 bridgehead atoms. The lowest BCUT2D eigenvalue weighted by molar-refractivity contribution is -0.114. The van der Waals surface area contributed by atoms with Crippen LogP contribution in [0.5, 0.6) is 5.75 Å². The Morgan fingerprint density at radius 1 is 1.14 bits per heavy atom. The second-order valence-electron chi connectivity index (χ2n) is 6.21. The third-order valence-corrected chi connectivity index (χ3v) is 4.46. The van der Waals surface area contributed by atoms with Crippen molar-refractivity contribution >= 4 is 45.9 Å². The van der Waals surface area contributed by atoms with Gasteiger partial charge in [-0.25, -0.2) is 4.79 Å². The number of ketones is 1. The summed E-state index contributed by atoms with van der Waals surface area (Å²) in [6.07, 6.45) is 0. The van der Waals surface area contributed by atoms with Gasteiger partial charge in [0.15, 0.2) is 0 Å². The summed E-state index contributed by atoms with van der Waals surface area (Å²) in [5, 5.41) is 3.31. The third kappa shape index (κ3) is 4.09. The van der Waals surface area contributed by atoms with Gasteiger partial charge < -0.3 is 19.8 Å². The number of methoxy groups -OCH3 is 1. The Kier molecular flexibility index (Phi) is 5.89. The lowest BCUT2D eigenvalue weighted by atomic mass is 10.0. The van der Waals surface area contributed by atoms with Crippen molar-refractivity contribution in [3.8, 4) is 5.75 Å². The highest BCUT2D eigenvalue weighted by atomic mass is 35.5. The van der Waals surface area contributed by atoms with Crippen molar-refractivity contribution in [2.24, 2.45) is 0 Å². The summed E-state index contributed by atoms with van der Waals surface area (Å²) in [6.45, 7) is 3.18. The first kappa shape index (κ1) is 20.4. The SMILES string of the molecule is CCOC(=O)c1cc(Cl)cc2[nH]c(C(=O)c3ccc(OC)cc3)c(NC(C)=O)c12. The highest BCUT2D eigenvalue weighted by molar-refractivity contribution is 6.33. The number of H-pyrrole nitrogens is 1. The fourth-order valence-corrected chi connectivity index (χ4v) is 3.24. The summed E-state index contributed by atoms with van der Waals surface area (Å²) < 4.78 is 10.2. The topological polar surface area (TPSA) is 97.5 Å². The molecule has 7 nitrogen and oxygen atoms in total. The van der Waals surface area contributed by atoms with Crippen molar-refractivity contribution in [1.29, 1.82) is 0 Å². The molecule has 2 N–H and O–H groups in total. The molecule has 1 aromatic heterocycles. The lowest BCUT2D eigenvalue weighted by Crippen LogP contribution is -2.12. The molecule has 1 amide bonds. The van der Waals surface area contributed by atoms with E-state index in [-0.39, 0.29) is 35.2 Å². The van der Waals surface area contributed by atoms with Gasteiger partial charge in [0.05, 0.1) is 30.5 Å². The van der Waals surface area contributed by atoms with Crippen molar-refractivity contribution in [2.45, 2.75) is 13.8 Å². The first-order valence-electron chi connectivity index (χ1n) is 8.84. The number of esters is 1. The number of ether oxygens (including phenoxy) is 2. The number of hydrogen-bond donors (Lipinski definition) is 2. The van der Waals surface area contributed by atoms with E-state index in [2.05, 4.69) is 10.3 Å². The lowest BCUT2D eigenvalue weighted by Gasteiger charge is -2.08. The molecule has 150 valence electrons. The zero-order valence-electron chi connectivity index (χ0n) is 16.1. The van der Waals surface area contributed by atoms with Gasteiger partial charge in [0.2, 0.25) is 11.7 Å². The first-order valence-corrected chi connectivity index (χ1v) is 9.22. The van der Waals surface area contributed by atoms with E-state index >= 15 is 0 Å². The minimum atomic E-state index is -0.603. The van der Waals surface area contributed by atoms with Gasteiger partial charge in [-0.05, 0) is 43.3 Å². The Hall–Kier alpha value is -3.32. The van der Waals surface area contributed by atoms with Gasteiger partial charge >= 0.3 is 5.97 Å². The smallest absolute Gasteiger partial charge is 0.338 e. The van der Waals surface area contributed by atoms with Crippen LogP contribution in [-0.4, -0.2) is 36.4 Å². The number of aromatic amines is 1. The number of amides is 1. The van der Waals surface area contributed by atoms with Crippen LogP contribution in [0.2, 0.25) is 5.02 Å². The molecule has 29 heavy (non-hydrogen) atoms. The minimum Gasteiger partial charge on any atom is -0.497 e. The van der Waals surface area contributed by atoms with E-state index in [1.54, 1.807) is 37.3 Å². The molecule has 0 atom stereocenters. The number of hydrogen-bond acceptors (Lipinski definition) is 5. The summed E-state index contributed by atoms with van der Waals surface area (Å²) in [5.74, 6) is -0.747. The zero-order valence-corrected chi connectivity index (χ0v) is 16.8. The van der Waals surface area contributed by atoms with Gasteiger partial charge in [-0.15, -0.1) is 0 Å². The van der Waals surface area contributed by atoms with E-state index in [0.717, 1.165) is 0 Å². The molecule has 2 aromatic carbocycles. The predicted molar refractivity (Wildman–Crippen MR) is 110 cm³/mol. The zero-order chi connectivity index (χ0) is 21.1. The number of aromatic nitrogens is 1. The number of carbonyl (C=O) groups is 3. The van der Waals surface area contributed by atoms with E-state index in [0.29, 0.717) is 27.2 Å². The number of nitrogens with one attached hydrogen (secondary N) is 2. The molecule has 3 rings (SSSR count). The highest BCUT2D eigenvalue weighted by Gasteiger charge is 2.25. The maximum atomic E-state index is 13.1. The number of benzene rings is 2. The number of halogens is 1. The molecule has 0 aliphatic heterocycles. The maximum absolute atomic E-state index is 13.1. The number of carbonyl (C=O) groups excluding carboxylic acids is 3. The van der Waals surface area contributed by atoms with Crippen LogP contribution >= 0.6 is 11.6 Å². The predicted octanol–water partition coefficient (Wildman–Crippen LogP) is 4.20. The molecule has 8 heteroatoms. The van der Waals surface area contributed by atoms with Crippen LogP contribution in [0.4, 0.5) is 5.69 Å². The fraction of sp³-hybridized carbons (Fsp3) is 0.190. The van der Waals surface area contributed by atoms with E-state index in [4.69, 9.17) is 21.1 Å². The van der Waals surface area contributed by atoms with Crippen molar-refractivity contribution in [3.05, 3.63) is 58.2 Å². The summed E-state index contributed by atoms with van der Waals surface area (Å²) in [6, 6.07) is 9.58. The fourth-order valence-electron chi connectivity index (χ4n) is 3.02. The summed E-state index contributed by atoms with van der Waals surface area (Å²) in [4.78, 5) is 40.4. The Morgan fingerprint density at radius 3 is 2.41 bits per heavy atom. The number of fused-ring (bicyclic) bond motifs is 1. The average Bonchev–Trinajstić information content (AvgIpc) is 3.04. The molecule has 0 unspecified atom stereocenters. The highest BCUT2D eigenvalue weighted by Crippen LogP contribution is 2.35. The number of rotatable bonds is 6. The van der Waals surface area contributed by atoms with Gasteiger partial charge in [0, 0.05) is 22.9 Å². The average molecular weight is 415 g/mol. The third-order valence-electron chi connectivity index (χ3n) is 4.24. The second kappa shape index (κ2) is 8.36. The largest absolute Gasteiger partial charge is 0.497 e. The Bertz CT molecular complexity index is 1100. The molecule has 0 saturated heterocycles. The Labute approximate surface area is 171 Å². The van der Waals surface area contributed by atoms with E-state index in [1.165, 1.54) is 20.1 Å². The van der Waals surface area contributed by atoms with Crippen LogP contribution in [-0.2, 0) is 9.53 Å². The molecule has 0 spiro atoms. The molecule has 1 heterocycles. The second-order valence-corrected chi connectivity index (χ2v) is 6.65. The van der Waals surface area contributed by atoms with Crippen molar-refractivity contribution < 1.29 is 23.9 Å². The van der Waals surface area contributed by atoms with Crippen LogP contribution in [0.15, 0.2) is 36.4 Å². The number of anilines is 1. The first-order chi connectivity index (χ1) is 13.8.